The first-order chi connectivity index (χ1) is 11.0. The van der Waals surface area contributed by atoms with Crippen molar-refractivity contribution in [1.29, 1.82) is 0 Å². The number of carbonyl (C=O) groups is 2. The maximum absolute atomic E-state index is 12.2. The molecule has 1 heterocycles. The average Bonchev–Trinajstić information content (AvgIpc) is 3.06. The van der Waals surface area contributed by atoms with Crippen LogP contribution in [-0.2, 0) is 0 Å². The van der Waals surface area contributed by atoms with Crippen LogP contribution in [0.3, 0.4) is 0 Å². The van der Waals surface area contributed by atoms with Gasteiger partial charge in [-0.3, -0.25) is 9.59 Å². The molecular formula is C18H22N2O3. The molecule has 3 N–H and O–H groups in total. The fourth-order valence-electron chi connectivity index (χ4n) is 2.44. The second-order valence-electron chi connectivity index (χ2n) is 5.91. The van der Waals surface area contributed by atoms with Gasteiger partial charge in [-0.15, -0.1) is 0 Å². The molecule has 0 saturated carbocycles. The molecule has 5 heteroatoms. The van der Waals surface area contributed by atoms with Gasteiger partial charge in [0.25, 0.3) is 5.91 Å². The van der Waals surface area contributed by atoms with E-state index in [2.05, 4.69) is 10.3 Å². The molecule has 0 radical (unpaired) electrons. The van der Waals surface area contributed by atoms with E-state index in [1.54, 1.807) is 49.6 Å². The Balaban J connectivity index is 1.94. The minimum absolute atomic E-state index is 0.0798. The van der Waals surface area contributed by atoms with Crippen LogP contribution in [0.2, 0.25) is 0 Å². The molecule has 0 bridgehead atoms. The van der Waals surface area contributed by atoms with Crippen LogP contribution in [0.15, 0.2) is 42.7 Å². The molecule has 23 heavy (non-hydrogen) atoms. The van der Waals surface area contributed by atoms with E-state index < -0.39 is 0 Å². The maximum atomic E-state index is 12.2. The Bertz CT molecular complexity index is 645. The van der Waals surface area contributed by atoms with E-state index in [1.807, 2.05) is 6.92 Å². The summed E-state index contributed by atoms with van der Waals surface area (Å²) in [5.41, 5.74) is 1.65. The van der Waals surface area contributed by atoms with Crippen LogP contribution in [0.5, 0.6) is 0 Å². The molecule has 2 aromatic rings. The molecule has 0 spiro atoms. The van der Waals surface area contributed by atoms with Gasteiger partial charge in [0, 0.05) is 35.6 Å². The zero-order valence-electron chi connectivity index (χ0n) is 13.4. The summed E-state index contributed by atoms with van der Waals surface area (Å²) in [7, 11) is 0. The zero-order valence-corrected chi connectivity index (χ0v) is 13.4. The number of aromatic amines is 1. The van der Waals surface area contributed by atoms with Gasteiger partial charge in [-0.05, 0) is 37.5 Å². The second kappa shape index (κ2) is 7.74. The Labute approximate surface area is 135 Å². The fourth-order valence-corrected chi connectivity index (χ4v) is 2.44. The van der Waals surface area contributed by atoms with Crippen LogP contribution in [0.1, 0.15) is 46.5 Å². The number of nitrogens with one attached hydrogen (secondary N) is 2. The number of H-pyrrole nitrogens is 1. The van der Waals surface area contributed by atoms with Gasteiger partial charge in [-0.25, -0.2) is 0 Å². The summed E-state index contributed by atoms with van der Waals surface area (Å²) < 4.78 is 0. The predicted octanol–water partition coefficient (Wildman–Crippen LogP) is 2.38. The summed E-state index contributed by atoms with van der Waals surface area (Å²) in [6, 6.07) is 8.32. The minimum atomic E-state index is -0.374. The van der Waals surface area contributed by atoms with Gasteiger partial charge >= 0.3 is 0 Å². The Morgan fingerprint density at radius 2 is 1.74 bits per heavy atom. The van der Waals surface area contributed by atoms with E-state index >= 15 is 0 Å². The third-order valence-corrected chi connectivity index (χ3v) is 3.62. The summed E-state index contributed by atoms with van der Waals surface area (Å²) in [5.74, 6) is -0.0553. The van der Waals surface area contributed by atoms with Crippen molar-refractivity contribution in [3.05, 3.63) is 59.4 Å². The molecule has 0 aliphatic rings. The number of aromatic nitrogens is 1. The lowest BCUT2D eigenvalue weighted by Gasteiger charge is -2.14. The Morgan fingerprint density at radius 1 is 1.09 bits per heavy atom. The van der Waals surface area contributed by atoms with E-state index in [9.17, 15) is 14.7 Å². The number of aliphatic hydroxyl groups excluding tert-OH is 1. The lowest BCUT2D eigenvalue weighted by atomic mass is 10.0. The highest BCUT2D eigenvalue weighted by Gasteiger charge is 2.12. The SMILES string of the molecule is CC(O)CC(C)CNC(=O)c1ccc(C(=O)c2cc[nH]c2)cc1. The third kappa shape index (κ3) is 4.79. The predicted molar refractivity (Wildman–Crippen MR) is 88.5 cm³/mol. The number of carbonyl (C=O) groups excluding carboxylic acids is 2. The molecule has 1 aromatic carbocycles. The van der Waals surface area contributed by atoms with Crippen molar-refractivity contribution >= 4 is 11.7 Å². The molecule has 0 aliphatic heterocycles. The number of hydrogen-bond donors (Lipinski definition) is 3. The topological polar surface area (TPSA) is 82.2 Å². The molecule has 2 unspecified atom stereocenters. The highest BCUT2D eigenvalue weighted by atomic mass is 16.3. The molecule has 0 fully saturated rings. The first kappa shape index (κ1) is 17.0. The summed E-state index contributed by atoms with van der Waals surface area (Å²) in [4.78, 5) is 27.1. The Morgan fingerprint density at radius 3 is 2.30 bits per heavy atom. The highest BCUT2D eigenvalue weighted by Crippen LogP contribution is 2.11. The maximum Gasteiger partial charge on any atom is 0.251 e. The molecule has 5 nitrogen and oxygen atoms in total. The molecular weight excluding hydrogens is 292 g/mol. The van der Waals surface area contributed by atoms with Gasteiger partial charge in [0.15, 0.2) is 5.78 Å². The molecule has 2 rings (SSSR count). The lowest BCUT2D eigenvalue weighted by Crippen LogP contribution is -2.29. The number of rotatable bonds is 7. The van der Waals surface area contributed by atoms with Crippen LogP contribution >= 0.6 is 0 Å². The van der Waals surface area contributed by atoms with Gasteiger partial charge in [-0.1, -0.05) is 19.1 Å². The van der Waals surface area contributed by atoms with Crippen molar-refractivity contribution in [3.63, 3.8) is 0 Å². The van der Waals surface area contributed by atoms with Crippen molar-refractivity contribution in [2.45, 2.75) is 26.4 Å². The number of ketones is 1. The van der Waals surface area contributed by atoms with Gasteiger partial charge in [0.2, 0.25) is 0 Å². The van der Waals surface area contributed by atoms with Crippen LogP contribution in [-0.4, -0.2) is 34.4 Å². The van der Waals surface area contributed by atoms with Gasteiger partial charge < -0.3 is 15.4 Å². The zero-order chi connectivity index (χ0) is 16.8. The van der Waals surface area contributed by atoms with Crippen LogP contribution in [0.25, 0.3) is 0 Å². The first-order valence-electron chi connectivity index (χ1n) is 7.71. The summed E-state index contributed by atoms with van der Waals surface area (Å²) in [6.07, 6.45) is 3.61. The monoisotopic (exact) mass is 314 g/mol. The van der Waals surface area contributed by atoms with E-state index in [0.29, 0.717) is 29.7 Å². The summed E-state index contributed by atoms with van der Waals surface area (Å²) in [5, 5.41) is 12.2. The van der Waals surface area contributed by atoms with Crippen LogP contribution in [0.4, 0.5) is 0 Å². The standard InChI is InChI=1S/C18H22N2O3/c1-12(9-13(2)21)10-20-18(23)15-5-3-14(4-6-15)17(22)16-7-8-19-11-16/h3-8,11-13,19,21H,9-10H2,1-2H3,(H,20,23). The quantitative estimate of drug-likeness (QED) is 0.686. The smallest absolute Gasteiger partial charge is 0.251 e. The molecule has 0 aliphatic carbocycles. The number of aliphatic hydroxyl groups is 1. The molecule has 1 aromatic heterocycles. The number of amides is 1. The van der Waals surface area contributed by atoms with E-state index in [-0.39, 0.29) is 23.7 Å². The van der Waals surface area contributed by atoms with Crippen LogP contribution < -0.4 is 5.32 Å². The Hall–Kier alpha value is -2.40. The van der Waals surface area contributed by atoms with Crippen LogP contribution in [0, 0.1) is 5.92 Å². The molecule has 2 atom stereocenters. The fraction of sp³-hybridized carbons (Fsp3) is 0.333. The molecule has 122 valence electrons. The number of benzene rings is 1. The van der Waals surface area contributed by atoms with Crippen molar-refractivity contribution in [2.75, 3.05) is 6.54 Å². The Kier molecular flexibility index (Phi) is 5.71. The van der Waals surface area contributed by atoms with E-state index in [1.165, 1.54) is 0 Å². The first-order valence-corrected chi connectivity index (χ1v) is 7.71. The highest BCUT2D eigenvalue weighted by molar-refractivity contribution is 6.09. The van der Waals surface area contributed by atoms with E-state index in [0.717, 1.165) is 0 Å². The summed E-state index contributed by atoms with van der Waals surface area (Å²) in [6.45, 7) is 4.22. The average molecular weight is 314 g/mol. The largest absolute Gasteiger partial charge is 0.393 e. The minimum Gasteiger partial charge on any atom is -0.393 e. The van der Waals surface area contributed by atoms with Crippen molar-refractivity contribution in [2.24, 2.45) is 5.92 Å². The normalized spacial score (nSPS) is 13.3. The van der Waals surface area contributed by atoms with Crippen molar-refractivity contribution < 1.29 is 14.7 Å². The molecule has 0 saturated heterocycles. The van der Waals surface area contributed by atoms with Crippen molar-refractivity contribution in [3.8, 4) is 0 Å². The number of hydrogen-bond acceptors (Lipinski definition) is 3. The third-order valence-electron chi connectivity index (χ3n) is 3.62. The lowest BCUT2D eigenvalue weighted by molar-refractivity contribution is 0.0938. The van der Waals surface area contributed by atoms with Gasteiger partial charge in [0.1, 0.15) is 0 Å². The van der Waals surface area contributed by atoms with Gasteiger partial charge in [-0.2, -0.15) is 0 Å². The van der Waals surface area contributed by atoms with Gasteiger partial charge in [0.05, 0.1) is 6.10 Å². The summed E-state index contributed by atoms with van der Waals surface area (Å²) >= 11 is 0. The second-order valence-corrected chi connectivity index (χ2v) is 5.91. The van der Waals surface area contributed by atoms with Crippen molar-refractivity contribution in [1.82, 2.24) is 10.3 Å². The van der Waals surface area contributed by atoms with E-state index in [4.69, 9.17) is 0 Å². The molecule has 1 amide bonds.